The fourth-order valence-corrected chi connectivity index (χ4v) is 3.10. The second-order valence-corrected chi connectivity index (χ2v) is 6.20. The highest BCUT2D eigenvalue weighted by Gasteiger charge is 2.15. The van der Waals surface area contributed by atoms with E-state index >= 15 is 0 Å². The summed E-state index contributed by atoms with van der Waals surface area (Å²) in [6.07, 6.45) is 1.03. The first-order valence-electron chi connectivity index (χ1n) is 7.33. The van der Waals surface area contributed by atoms with E-state index in [0.717, 1.165) is 18.0 Å². The van der Waals surface area contributed by atoms with E-state index < -0.39 is 0 Å². The van der Waals surface area contributed by atoms with E-state index in [4.69, 9.17) is 27.9 Å². The smallest absolute Gasteiger partial charge is 0.137 e. The van der Waals surface area contributed by atoms with Gasteiger partial charge in [0.2, 0.25) is 0 Å². The highest BCUT2D eigenvalue weighted by atomic mass is 35.5. The first-order valence-corrected chi connectivity index (χ1v) is 8.08. The fraction of sp³-hybridized carbons (Fsp3) is 0.333. The summed E-state index contributed by atoms with van der Waals surface area (Å²) in [6, 6.07) is 14.3. The van der Waals surface area contributed by atoms with Crippen LogP contribution < -0.4 is 4.74 Å². The largest absolute Gasteiger partial charge is 0.495 e. The van der Waals surface area contributed by atoms with Crippen LogP contribution in [0.1, 0.15) is 30.5 Å². The molecular formula is C18H21Cl2NO. The lowest BCUT2D eigenvalue weighted by molar-refractivity contribution is 0.230. The van der Waals surface area contributed by atoms with Gasteiger partial charge in [0.05, 0.1) is 12.1 Å². The van der Waals surface area contributed by atoms with E-state index in [1.807, 2.05) is 24.3 Å². The second-order valence-electron chi connectivity index (χ2n) is 5.36. The van der Waals surface area contributed by atoms with Crippen molar-refractivity contribution in [2.45, 2.75) is 25.9 Å². The first-order chi connectivity index (χ1) is 10.5. The standard InChI is InChI=1S/C18H21Cl2NO/c1-4-17(14-6-8-15(19)9-7-14)21(2)12-13-5-10-18(22-3)16(20)11-13/h5-11,17H,4,12H2,1-3H3. The Morgan fingerprint density at radius 3 is 2.32 bits per heavy atom. The molecule has 2 nitrogen and oxygen atoms in total. The van der Waals surface area contributed by atoms with Gasteiger partial charge in [0.1, 0.15) is 5.75 Å². The highest BCUT2D eigenvalue weighted by molar-refractivity contribution is 6.32. The van der Waals surface area contributed by atoms with Crippen molar-refractivity contribution in [2.75, 3.05) is 14.2 Å². The van der Waals surface area contributed by atoms with Gasteiger partial charge >= 0.3 is 0 Å². The number of benzene rings is 2. The van der Waals surface area contributed by atoms with Crippen molar-refractivity contribution in [1.29, 1.82) is 0 Å². The number of methoxy groups -OCH3 is 1. The third-order valence-electron chi connectivity index (χ3n) is 3.82. The van der Waals surface area contributed by atoms with Crippen LogP contribution in [0.5, 0.6) is 5.75 Å². The van der Waals surface area contributed by atoms with Gasteiger partial charge in [-0.15, -0.1) is 0 Å². The van der Waals surface area contributed by atoms with Crippen molar-refractivity contribution in [3.63, 3.8) is 0 Å². The van der Waals surface area contributed by atoms with Gasteiger partial charge in [0, 0.05) is 17.6 Å². The summed E-state index contributed by atoms with van der Waals surface area (Å²) in [5, 5.41) is 1.41. The molecule has 2 aromatic carbocycles. The van der Waals surface area contributed by atoms with Crippen LogP contribution in [0.25, 0.3) is 0 Å². The predicted molar refractivity (Wildman–Crippen MR) is 94.0 cm³/mol. The van der Waals surface area contributed by atoms with Crippen LogP contribution in [0.3, 0.4) is 0 Å². The van der Waals surface area contributed by atoms with Gasteiger partial charge in [-0.05, 0) is 48.9 Å². The molecule has 1 atom stereocenters. The summed E-state index contributed by atoms with van der Waals surface area (Å²) in [7, 11) is 3.75. The third-order valence-corrected chi connectivity index (χ3v) is 4.37. The fourth-order valence-electron chi connectivity index (χ4n) is 2.69. The minimum Gasteiger partial charge on any atom is -0.495 e. The maximum Gasteiger partial charge on any atom is 0.137 e. The average molecular weight is 338 g/mol. The van der Waals surface area contributed by atoms with Gasteiger partial charge in [0.25, 0.3) is 0 Å². The van der Waals surface area contributed by atoms with Crippen molar-refractivity contribution >= 4 is 23.2 Å². The molecule has 22 heavy (non-hydrogen) atoms. The minimum atomic E-state index is 0.346. The van der Waals surface area contributed by atoms with E-state index in [1.54, 1.807) is 7.11 Å². The summed E-state index contributed by atoms with van der Waals surface area (Å²) >= 11 is 12.2. The SMILES string of the molecule is CCC(c1ccc(Cl)cc1)N(C)Cc1ccc(OC)c(Cl)c1. The molecule has 0 amide bonds. The summed E-state index contributed by atoms with van der Waals surface area (Å²) in [4.78, 5) is 2.32. The summed E-state index contributed by atoms with van der Waals surface area (Å²) in [5.74, 6) is 0.706. The van der Waals surface area contributed by atoms with Gasteiger partial charge in [-0.2, -0.15) is 0 Å². The lowest BCUT2D eigenvalue weighted by Gasteiger charge is -2.28. The van der Waals surface area contributed by atoms with E-state index in [0.29, 0.717) is 16.8 Å². The van der Waals surface area contributed by atoms with Crippen molar-refractivity contribution in [3.8, 4) is 5.75 Å². The molecule has 0 saturated carbocycles. The van der Waals surface area contributed by atoms with Gasteiger partial charge in [0.15, 0.2) is 0 Å². The van der Waals surface area contributed by atoms with E-state index in [1.165, 1.54) is 11.1 Å². The molecule has 1 unspecified atom stereocenters. The summed E-state index contributed by atoms with van der Waals surface area (Å²) < 4.78 is 5.20. The highest BCUT2D eigenvalue weighted by Crippen LogP contribution is 2.29. The minimum absolute atomic E-state index is 0.346. The number of ether oxygens (including phenoxy) is 1. The van der Waals surface area contributed by atoms with Crippen molar-refractivity contribution < 1.29 is 4.74 Å². The normalized spacial score (nSPS) is 12.5. The van der Waals surface area contributed by atoms with E-state index in [9.17, 15) is 0 Å². The zero-order chi connectivity index (χ0) is 16.1. The zero-order valence-electron chi connectivity index (χ0n) is 13.1. The molecule has 0 radical (unpaired) electrons. The van der Waals surface area contributed by atoms with Crippen LogP contribution in [0.2, 0.25) is 10.0 Å². The molecule has 2 aromatic rings. The van der Waals surface area contributed by atoms with Crippen LogP contribution in [-0.4, -0.2) is 19.1 Å². The van der Waals surface area contributed by atoms with Crippen LogP contribution in [0, 0.1) is 0 Å². The van der Waals surface area contributed by atoms with Crippen molar-refractivity contribution in [3.05, 3.63) is 63.6 Å². The Bertz CT molecular complexity index is 613. The van der Waals surface area contributed by atoms with Crippen LogP contribution in [0.15, 0.2) is 42.5 Å². The molecule has 0 saturated heterocycles. The van der Waals surface area contributed by atoms with E-state index in [-0.39, 0.29) is 0 Å². The van der Waals surface area contributed by atoms with Crippen molar-refractivity contribution in [1.82, 2.24) is 4.90 Å². The maximum atomic E-state index is 6.20. The molecule has 0 aromatic heterocycles. The topological polar surface area (TPSA) is 12.5 Å². The molecule has 118 valence electrons. The molecule has 2 rings (SSSR count). The van der Waals surface area contributed by atoms with Crippen LogP contribution in [-0.2, 0) is 6.54 Å². The molecular weight excluding hydrogens is 317 g/mol. The number of halogens is 2. The molecule has 0 aliphatic carbocycles. The average Bonchev–Trinajstić information content (AvgIpc) is 2.50. The van der Waals surface area contributed by atoms with Crippen LogP contribution >= 0.6 is 23.2 Å². The Morgan fingerprint density at radius 2 is 1.77 bits per heavy atom. The number of rotatable bonds is 6. The molecule has 0 N–H and O–H groups in total. The molecule has 0 fully saturated rings. The predicted octanol–water partition coefficient (Wildman–Crippen LogP) is 5.59. The van der Waals surface area contributed by atoms with Gasteiger partial charge in [-0.1, -0.05) is 48.3 Å². The lowest BCUT2D eigenvalue weighted by atomic mass is 10.0. The summed E-state index contributed by atoms with van der Waals surface area (Å²) in [6.45, 7) is 3.02. The molecule has 0 spiro atoms. The molecule has 0 aliphatic heterocycles. The first kappa shape index (κ1) is 17.1. The van der Waals surface area contributed by atoms with Crippen LogP contribution in [0.4, 0.5) is 0 Å². The Morgan fingerprint density at radius 1 is 1.09 bits per heavy atom. The Balaban J connectivity index is 2.13. The van der Waals surface area contributed by atoms with Crippen molar-refractivity contribution in [2.24, 2.45) is 0 Å². The molecule has 4 heteroatoms. The van der Waals surface area contributed by atoms with Gasteiger partial charge in [-0.25, -0.2) is 0 Å². The molecule has 0 bridgehead atoms. The monoisotopic (exact) mass is 337 g/mol. The maximum absolute atomic E-state index is 6.20. The number of hydrogen-bond donors (Lipinski definition) is 0. The van der Waals surface area contributed by atoms with Gasteiger partial charge < -0.3 is 4.74 Å². The molecule has 0 heterocycles. The Labute approximate surface area is 142 Å². The lowest BCUT2D eigenvalue weighted by Crippen LogP contribution is -2.23. The van der Waals surface area contributed by atoms with Gasteiger partial charge in [-0.3, -0.25) is 4.90 Å². The number of hydrogen-bond acceptors (Lipinski definition) is 2. The third kappa shape index (κ3) is 4.16. The zero-order valence-corrected chi connectivity index (χ0v) is 14.7. The molecule has 0 aliphatic rings. The van der Waals surface area contributed by atoms with E-state index in [2.05, 4.69) is 37.1 Å². The Kier molecular flexibility index (Phi) is 6.13. The number of nitrogens with zero attached hydrogens (tertiary/aromatic N) is 1. The Hall–Kier alpha value is -1.22. The second kappa shape index (κ2) is 7.87. The summed E-state index contributed by atoms with van der Waals surface area (Å²) in [5.41, 5.74) is 2.44. The quantitative estimate of drug-likeness (QED) is 0.681.